The van der Waals surface area contributed by atoms with Crippen molar-refractivity contribution in [2.45, 2.75) is 39.5 Å². The molecule has 1 atom stereocenters. The lowest BCUT2D eigenvalue weighted by atomic mass is 10.1. The second kappa shape index (κ2) is 9.20. The number of anilines is 1. The third-order valence-electron chi connectivity index (χ3n) is 4.27. The van der Waals surface area contributed by atoms with Crippen molar-refractivity contribution in [3.05, 3.63) is 29.8 Å². The minimum Gasteiger partial charge on any atom is -0.462 e. The summed E-state index contributed by atoms with van der Waals surface area (Å²) in [5.74, 6) is -1.09. The third-order valence-corrected chi connectivity index (χ3v) is 4.27. The number of unbranched alkanes of at least 4 members (excludes halogenated alkanes) is 2. The highest BCUT2D eigenvalue weighted by Gasteiger charge is 2.36. The Kier molecular flexibility index (Phi) is 6.98. The Balaban J connectivity index is 2.06. The smallest absolute Gasteiger partial charge is 0.340 e. The number of rotatable bonds is 8. The summed E-state index contributed by atoms with van der Waals surface area (Å²) < 4.78 is 5.06. The minimum atomic E-state index is -0.460. The number of hydrogen-bond donors (Lipinski definition) is 1. The number of nitrogens with one attached hydrogen (secondary N) is 1. The van der Waals surface area contributed by atoms with Gasteiger partial charge in [-0.2, -0.15) is 0 Å². The van der Waals surface area contributed by atoms with Crippen LogP contribution in [-0.2, 0) is 14.3 Å². The Bertz CT molecular complexity index is 630. The molecule has 0 aliphatic carbocycles. The summed E-state index contributed by atoms with van der Waals surface area (Å²) in [6, 6.07) is 6.85. The molecule has 1 heterocycles. The lowest BCUT2D eigenvalue weighted by Crippen LogP contribution is -2.33. The van der Waals surface area contributed by atoms with Gasteiger partial charge in [-0.25, -0.2) is 4.79 Å². The van der Waals surface area contributed by atoms with Gasteiger partial charge in [-0.1, -0.05) is 31.9 Å². The molecule has 1 unspecified atom stereocenters. The summed E-state index contributed by atoms with van der Waals surface area (Å²) in [6.07, 6.45) is 3.27. The summed E-state index contributed by atoms with van der Waals surface area (Å²) in [5, 5.41) is 2.90. The molecule has 1 aliphatic heterocycles. The van der Waals surface area contributed by atoms with Gasteiger partial charge >= 0.3 is 5.97 Å². The van der Waals surface area contributed by atoms with E-state index in [0.717, 1.165) is 19.3 Å². The normalized spacial score (nSPS) is 16.8. The van der Waals surface area contributed by atoms with E-state index in [1.165, 1.54) is 4.90 Å². The second-order valence-corrected chi connectivity index (χ2v) is 6.14. The molecule has 2 amide bonds. The number of benzene rings is 1. The molecule has 0 saturated carbocycles. The molecule has 1 fully saturated rings. The summed E-state index contributed by atoms with van der Waals surface area (Å²) in [4.78, 5) is 38.3. The first kappa shape index (κ1) is 19.0. The number of ether oxygens (including phenoxy) is 1. The van der Waals surface area contributed by atoms with Crippen LogP contribution in [0.15, 0.2) is 24.3 Å². The van der Waals surface area contributed by atoms with E-state index < -0.39 is 5.97 Å². The van der Waals surface area contributed by atoms with Gasteiger partial charge in [0, 0.05) is 19.5 Å². The first-order valence-corrected chi connectivity index (χ1v) is 8.92. The van der Waals surface area contributed by atoms with E-state index in [4.69, 9.17) is 4.74 Å². The van der Waals surface area contributed by atoms with Gasteiger partial charge in [0.05, 0.1) is 23.8 Å². The van der Waals surface area contributed by atoms with Gasteiger partial charge in [0.2, 0.25) is 11.8 Å². The molecule has 136 valence electrons. The van der Waals surface area contributed by atoms with Crippen molar-refractivity contribution in [2.75, 3.05) is 24.6 Å². The van der Waals surface area contributed by atoms with E-state index in [9.17, 15) is 14.4 Å². The average molecular weight is 346 g/mol. The summed E-state index contributed by atoms with van der Waals surface area (Å²) >= 11 is 0. The van der Waals surface area contributed by atoms with Gasteiger partial charge in [-0.05, 0) is 25.5 Å². The Morgan fingerprint density at radius 3 is 2.72 bits per heavy atom. The van der Waals surface area contributed by atoms with Crippen LogP contribution in [0.4, 0.5) is 5.69 Å². The van der Waals surface area contributed by atoms with Crippen molar-refractivity contribution in [1.29, 1.82) is 0 Å². The molecular formula is C19H26N2O4. The second-order valence-electron chi connectivity index (χ2n) is 6.14. The average Bonchev–Trinajstić information content (AvgIpc) is 3.00. The van der Waals surface area contributed by atoms with Gasteiger partial charge in [-0.15, -0.1) is 0 Å². The number of amides is 2. The van der Waals surface area contributed by atoms with Gasteiger partial charge in [0.25, 0.3) is 0 Å². The Morgan fingerprint density at radius 1 is 1.24 bits per heavy atom. The first-order chi connectivity index (χ1) is 12.1. The third kappa shape index (κ3) is 4.81. The topological polar surface area (TPSA) is 75.7 Å². The number of carbonyl (C=O) groups is 3. The number of esters is 1. The molecule has 1 saturated heterocycles. The number of nitrogens with zero attached hydrogens (tertiary/aromatic N) is 1. The summed E-state index contributed by atoms with van der Waals surface area (Å²) in [6.45, 7) is 5.03. The zero-order valence-corrected chi connectivity index (χ0v) is 14.9. The van der Waals surface area contributed by atoms with Crippen LogP contribution < -0.4 is 10.2 Å². The Hall–Kier alpha value is -2.37. The molecule has 0 spiro atoms. The Morgan fingerprint density at radius 2 is 2.00 bits per heavy atom. The monoisotopic (exact) mass is 346 g/mol. The van der Waals surface area contributed by atoms with Crippen molar-refractivity contribution in [3.8, 4) is 0 Å². The molecule has 25 heavy (non-hydrogen) atoms. The highest BCUT2D eigenvalue weighted by molar-refractivity contribution is 6.05. The van der Waals surface area contributed by atoms with E-state index in [0.29, 0.717) is 17.8 Å². The van der Waals surface area contributed by atoms with E-state index in [1.807, 2.05) is 0 Å². The maximum atomic E-state index is 12.4. The number of hydrogen-bond acceptors (Lipinski definition) is 4. The maximum absolute atomic E-state index is 12.4. The van der Waals surface area contributed by atoms with Crippen LogP contribution in [0.2, 0.25) is 0 Å². The predicted molar refractivity (Wildman–Crippen MR) is 95.4 cm³/mol. The van der Waals surface area contributed by atoms with Gasteiger partial charge < -0.3 is 15.0 Å². The van der Waals surface area contributed by atoms with Gasteiger partial charge in [0.1, 0.15) is 0 Å². The van der Waals surface area contributed by atoms with Gasteiger partial charge in [-0.3, -0.25) is 9.59 Å². The molecule has 0 bridgehead atoms. The molecule has 6 heteroatoms. The summed E-state index contributed by atoms with van der Waals surface area (Å²) in [5.41, 5.74) is 0.855. The lowest BCUT2D eigenvalue weighted by molar-refractivity contribution is -0.126. The molecular weight excluding hydrogens is 320 g/mol. The zero-order valence-electron chi connectivity index (χ0n) is 14.9. The predicted octanol–water partition coefficient (Wildman–Crippen LogP) is 2.52. The lowest BCUT2D eigenvalue weighted by Gasteiger charge is -2.19. The van der Waals surface area contributed by atoms with E-state index >= 15 is 0 Å². The molecule has 0 radical (unpaired) electrons. The van der Waals surface area contributed by atoms with Crippen LogP contribution >= 0.6 is 0 Å². The minimum absolute atomic E-state index is 0.0967. The number of para-hydroxylation sites is 1. The fourth-order valence-corrected chi connectivity index (χ4v) is 2.94. The molecule has 2 rings (SSSR count). The van der Waals surface area contributed by atoms with Crippen LogP contribution in [-0.4, -0.2) is 37.5 Å². The van der Waals surface area contributed by atoms with E-state index in [2.05, 4.69) is 12.2 Å². The Labute approximate surface area is 148 Å². The molecule has 6 nitrogen and oxygen atoms in total. The first-order valence-electron chi connectivity index (χ1n) is 8.92. The van der Waals surface area contributed by atoms with Gasteiger partial charge in [0.15, 0.2) is 0 Å². The SMILES string of the molecule is CCCCCNC(=O)C1CC(=O)N(c2ccccc2C(=O)OCC)C1. The van der Waals surface area contributed by atoms with Crippen LogP contribution in [0, 0.1) is 5.92 Å². The van der Waals surface area contributed by atoms with Crippen LogP contribution in [0.25, 0.3) is 0 Å². The summed E-state index contributed by atoms with van der Waals surface area (Å²) in [7, 11) is 0. The van der Waals surface area contributed by atoms with E-state index in [1.54, 1.807) is 31.2 Å². The van der Waals surface area contributed by atoms with Crippen LogP contribution in [0.3, 0.4) is 0 Å². The highest BCUT2D eigenvalue weighted by atomic mass is 16.5. The molecule has 1 aliphatic rings. The van der Waals surface area contributed by atoms with Crippen LogP contribution in [0.5, 0.6) is 0 Å². The maximum Gasteiger partial charge on any atom is 0.340 e. The number of carbonyl (C=O) groups excluding carboxylic acids is 3. The van der Waals surface area contributed by atoms with Crippen molar-refractivity contribution in [3.63, 3.8) is 0 Å². The zero-order chi connectivity index (χ0) is 18.2. The highest BCUT2D eigenvalue weighted by Crippen LogP contribution is 2.28. The van der Waals surface area contributed by atoms with E-state index in [-0.39, 0.29) is 37.3 Å². The van der Waals surface area contributed by atoms with Crippen molar-refractivity contribution in [2.24, 2.45) is 5.92 Å². The molecule has 1 aromatic carbocycles. The van der Waals surface area contributed by atoms with Crippen molar-refractivity contribution in [1.82, 2.24) is 5.32 Å². The molecule has 0 aromatic heterocycles. The molecule has 1 aromatic rings. The fraction of sp³-hybridized carbons (Fsp3) is 0.526. The standard InChI is InChI=1S/C19H26N2O4/c1-3-5-8-11-20-18(23)14-12-17(22)21(13-14)16-10-7-6-9-15(16)19(24)25-4-2/h6-7,9-10,14H,3-5,8,11-13H2,1-2H3,(H,20,23). The largest absolute Gasteiger partial charge is 0.462 e. The van der Waals surface area contributed by atoms with Crippen molar-refractivity contribution >= 4 is 23.5 Å². The van der Waals surface area contributed by atoms with Crippen LogP contribution in [0.1, 0.15) is 49.9 Å². The molecule has 1 N–H and O–H groups in total. The fourth-order valence-electron chi connectivity index (χ4n) is 2.94. The quantitative estimate of drug-likeness (QED) is 0.580. The van der Waals surface area contributed by atoms with Crippen molar-refractivity contribution < 1.29 is 19.1 Å².